The molecule has 69 heteroatoms. The Kier molecular flexibility index (Phi) is 37.0. The first-order chi connectivity index (χ1) is 69.2. The Morgan fingerprint density at radius 1 is 0.407 bits per heavy atom. The fourth-order valence-electron chi connectivity index (χ4n) is 16.7. The SMILES string of the molecule is CC[C@H]1O[C@@H](n2cnc3c(N)ncnc32)CC1OP(O)(=S)OC[C@H]1O[C@@H](n2cc(C)c(=O)[nH]c2=O)[C@@H](OCCOC)C1OP(=O)(O)OC[C@H]1O[C@@H](n2cc(C)c(N)nc2=O)[C@@H](OCCOC)C1OP(=O)(O)OC[C@H]1O[C@@H](n2cnc3c(N)ncnc32)[C@@H](OCCOC)C1OP(=O)(S)OC[C@H]1O[C@@H](n2cc(C)c(=O)[nH]c2=O)[C@@H](OCCOC)C1OP(O)(=S)OC[C@H]1O[C@@H](n2cnc3c(N)ncnc32)[C@@H](OCCOC)C1O. The van der Waals surface area contributed by atoms with Gasteiger partial charge in [0, 0.05) is 77.3 Å². The number of H-pyrrole nitrogens is 2. The van der Waals surface area contributed by atoms with Crippen LogP contribution in [-0.2, 0) is 158 Å². The molecule has 15 N–H and O–H groups in total. The van der Waals surface area contributed by atoms with Crippen molar-refractivity contribution in [2.75, 3.05) is 158 Å². The lowest BCUT2D eigenvalue weighted by Crippen LogP contribution is -2.42. The molecule has 6 saturated heterocycles. The van der Waals surface area contributed by atoms with Crippen molar-refractivity contribution < 1.29 is 159 Å². The van der Waals surface area contributed by atoms with Crippen LogP contribution in [0.3, 0.4) is 0 Å². The predicted octanol–water partition coefficient (Wildman–Crippen LogP) is -0.498. The highest BCUT2D eigenvalue weighted by Crippen LogP contribution is 2.60. The largest absolute Gasteiger partial charge is 0.472 e. The van der Waals surface area contributed by atoms with Gasteiger partial charge >= 0.3 is 52.9 Å². The molecule has 15 heterocycles. The number of imidazole rings is 3. The van der Waals surface area contributed by atoms with E-state index >= 15 is 13.7 Å². The van der Waals surface area contributed by atoms with Crippen LogP contribution in [0.15, 0.2) is 80.5 Å². The van der Waals surface area contributed by atoms with Gasteiger partial charge in [0.15, 0.2) is 65.5 Å². The summed E-state index contributed by atoms with van der Waals surface area (Å²) < 4.78 is 211. The maximum Gasteiger partial charge on any atom is 0.472 e. The van der Waals surface area contributed by atoms with Gasteiger partial charge in [-0.3, -0.25) is 78.6 Å². The molecule has 15 rings (SSSR count). The van der Waals surface area contributed by atoms with Crippen molar-refractivity contribution in [3.05, 3.63) is 125 Å². The molecule has 6 aliphatic rings. The van der Waals surface area contributed by atoms with Crippen LogP contribution in [0.25, 0.3) is 33.5 Å². The van der Waals surface area contributed by atoms with E-state index in [2.05, 4.69) is 72.1 Å². The maximum atomic E-state index is 15.7. The standard InChI is InChI=1S/C76H109N22O39P5S3/c1-10-39-40(21-46(127-39)96-33-87-47-61(78)81-30-84-64(47)96)133-140(109,143)125-28-44-52(57(119-18-13-114-7)71(130-44)94-23-37(3)67(100)91-75(94)103)135-138(105,106)122-26-42-51(56(118-17-12-113-6)70(129-42)93-22-36(2)60(77)90-74(93)102)134-139(107,108)123-27-43-53(59(121-20-15-116-9)73(132-43)98-35-89-49-63(80)83-32-86-66(49)98)136-142(111,145)126-29-45-54(58(120-19-14-115-8)72(131-45)95-24-38(4)68(101)92-76(95)104)137-141(110,144)124-25-41-50(99)55(117-16-11-112-5)69(128-41)97-34-88-48-62(79)82-31-85-65(48)97/h22-24,30-35,39-46,50-59,69-73,99H,10-21,25-29H2,1-9H3,(H,105,106)(H,107,108)(H,109,143)(H,110,144)(H,111,145)(H2,77,90,102)(H2,78,81,84)(H2,79,82,85)(H2,80,83,86)(H,91,100,103)(H,92,101,104)/t39-,40?,41-,42-,43-,44-,45-,46-,50?,51?,52?,53?,54?,55+,56+,57+,58+,59+,69-,70-,71-,72-,73-,140?,141?,142?/m1/s1. The van der Waals surface area contributed by atoms with Gasteiger partial charge in [-0.05, 0) is 50.8 Å². The average Bonchev–Trinajstić information content (AvgIpc) is 1.61. The number of fused-ring (bicyclic) bond motifs is 3. The second-order valence-electron chi connectivity index (χ2n) is 33.2. The van der Waals surface area contributed by atoms with Crippen LogP contribution in [0.4, 0.5) is 23.3 Å². The Balaban J connectivity index is 0.715. The van der Waals surface area contributed by atoms with Crippen LogP contribution in [0.5, 0.6) is 0 Å². The van der Waals surface area contributed by atoms with E-state index in [9.17, 15) is 48.7 Å². The summed E-state index contributed by atoms with van der Waals surface area (Å²) in [4.78, 5) is 163. The number of aromatic nitrogens is 18. The smallest absolute Gasteiger partial charge is 0.387 e. The molecule has 11 unspecified atom stereocenters. The van der Waals surface area contributed by atoms with Crippen LogP contribution in [0, 0.1) is 20.8 Å². The molecule has 145 heavy (non-hydrogen) atoms. The van der Waals surface area contributed by atoms with Crippen LogP contribution in [0.2, 0.25) is 0 Å². The van der Waals surface area contributed by atoms with Crippen LogP contribution >= 0.6 is 48.1 Å². The van der Waals surface area contributed by atoms with Crippen molar-refractivity contribution in [3.8, 4) is 0 Å². The van der Waals surface area contributed by atoms with E-state index in [0.717, 1.165) is 32.4 Å². The van der Waals surface area contributed by atoms with E-state index in [1.54, 1.807) is 11.5 Å². The molecular weight excluding hydrogens is 2100 g/mol. The fourth-order valence-corrected chi connectivity index (χ4v) is 23.0. The van der Waals surface area contributed by atoms with Crippen molar-refractivity contribution >= 4 is 129 Å². The van der Waals surface area contributed by atoms with Crippen LogP contribution in [-0.4, -0.2) is 350 Å². The Morgan fingerprint density at radius 3 is 1.18 bits per heavy atom. The number of nitrogens with two attached hydrogens (primary N) is 4. The summed E-state index contributed by atoms with van der Waals surface area (Å²) in [6.45, 7) is -15.5. The zero-order valence-electron chi connectivity index (χ0n) is 78.6. The quantitative estimate of drug-likeness (QED) is 0.0130. The van der Waals surface area contributed by atoms with Crippen molar-refractivity contribution in [1.82, 2.24) is 87.2 Å². The molecule has 0 spiro atoms. The molecule has 0 aliphatic carbocycles. The van der Waals surface area contributed by atoms with Gasteiger partial charge in [-0.25, -0.2) is 72.9 Å². The molecule has 6 fully saturated rings. The number of thiol groups is 1. The fraction of sp³-hybridized carbons (Fsp3) is 0.645. The highest BCUT2D eigenvalue weighted by atomic mass is 32.7. The number of nitrogens with one attached hydrogen (secondary N) is 2. The number of rotatable bonds is 52. The summed E-state index contributed by atoms with van der Waals surface area (Å²) in [5.41, 5.74) is 21.0. The number of phosphoric ester groups is 2. The Labute approximate surface area is 835 Å². The molecule has 6 aliphatic heterocycles. The van der Waals surface area contributed by atoms with Gasteiger partial charge in [-0.15, -0.1) is 0 Å². The zero-order valence-corrected chi connectivity index (χ0v) is 85.6. The maximum absolute atomic E-state index is 15.7. The monoisotopic (exact) mass is 2200 g/mol. The first-order valence-corrected chi connectivity index (χ1v) is 55.2. The first-order valence-electron chi connectivity index (χ1n) is 44.4. The number of phosphoric acid groups is 2. The van der Waals surface area contributed by atoms with Gasteiger partial charge in [0.05, 0.1) is 130 Å². The van der Waals surface area contributed by atoms with Gasteiger partial charge in [0.2, 0.25) is 0 Å². The van der Waals surface area contributed by atoms with E-state index in [1.165, 1.54) is 103 Å². The minimum Gasteiger partial charge on any atom is -0.387 e. The topological polar surface area (TPSA) is 772 Å². The summed E-state index contributed by atoms with van der Waals surface area (Å²) in [5.74, 6) is -0.219. The lowest BCUT2D eigenvalue weighted by Gasteiger charge is -2.30. The minimum atomic E-state index is -5.93. The number of hydrogen-bond acceptors (Lipinski definition) is 51. The summed E-state index contributed by atoms with van der Waals surface area (Å²) in [6.07, 6.45) is -25.0. The Bertz CT molecular complexity index is 6580. The Hall–Kier alpha value is -7.81. The number of aryl methyl sites for hydroxylation is 3. The molecule has 9 aromatic heterocycles. The van der Waals surface area contributed by atoms with E-state index in [-0.39, 0.29) is 128 Å². The van der Waals surface area contributed by atoms with Gasteiger partial charge in [0.1, 0.15) is 139 Å². The predicted molar refractivity (Wildman–Crippen MR) is 505 cm³/mol. The van der Waals surface area contributed by atoms with Crippen LogP contribution < -0.4 is 51.1 Å². The summed E-state index contributed by atoms with van der Waals surface area (Å²) in [5, 5.41) is 11.9. The molecule has 800 valence electrons. The number of nitrogen functional groups attached to an aromatic ring is 4. The molecule has 9 aromatic rings. The number of aromatic amines is 2. The molecule has 0 saturated carbocycles. The molecule has 0 bridgehead atoms. The number of ether oxygens (including phenoxy) is 16. The molecular formula is C76H109N22O39P5S3. The highest BCUT2D eigenvalue weighted by molar-refractivity contribution is 8.44. The first kappa shape index (κ1) is 111. The number of hydrogen-bond donors (Lipinski definition) is 12. The number of aliphatic hydroxyl groups excluding tert-OH is 1. The number of nitrogens with zero attached hydrogens (tertiary/aromatic N) is 16. The highest BCUT2D eigenvalue weighted by Gasteiger charge is 2.59. The number of methoxy groups -OCH3 is 5. The van der Waals surface area contributed by atoms with Crippen molar-refractivity contribution in [2.45, 2.75) is 182 Å². The van der Waals surface area contributed by atoms with Gasteiger partial charge < -0.3 is 137 Å². The summed E-state index contributed by atoms with van der Waals surface area (Å²) in [6, 6.07) is 0. The summed E-state index contributed by atoms with van der Waals surface area (Å²) in [7, 11) is -5.01. The lowest BCUT2D eigenvalue weighted by molar-refractivity contribution is -0.0849. The number of aliphatic hydroxyl groups is 1. The second-order valence-corrected chi connectivity index (χ2v) is 44.5. The van der Waals surface area contributed by atoms with E-state index in [0.29, 0.717) is 17.6 Å². The van der Waals surface area contributed by atoms with E-state index in [4.69, 9.17) is 168 Å². The van der Waals surface area contributed by atoms with E-state index in [1.807, 2.05) is 0 Å². The third-order valence-electron chi connectivity index (χ3n) is 23.6. The average molecular weight is 2210 g/mol. The van der Waals surface area contributed by atoms with Crippen molar-refractivity contribution in [1.29, 1.82) is 0 Å². The lowest BCUT2D eigenvalue weighted by atomic mass is 10.1. The molecule has 0 radical (unpaired) electrons. The van der Waals surface area contributed by atoms with Gasteiger partial charge in [0.25, 0.3) is 11.1 Å². The third-order valence-corrected chi connectivity index (χ3v) is 30.4. The molecule has 0 aromatic carbocycles. The van der Waals surface area contributed by atoms with Crippen molar-refractivity contribution in [2.24, 2.45) is 0 Å². The number of anilines is 4. The summed E-state index contributed by atoms with van der Waals surface area (Å²) >= 11 is 15.8. The van der Waals surface area contributed by atoms with Gasteiger partial charge in [-0.1, -0.05) is 19.2 Å². The molecule has 0 amide bonds. The van der Waals surface area contributed by atoms with E-state index < -0.39 is 245 Å². The zero-order chi connectivity index (χ0) is 104. The molecule has 28 atom stereocenters. The Morgan fingerprint density at radius 2 is 0.752 bits per heavy atom. The van der Waals surface area contributed by atoms with Gasteiger partial charge in [-0.2, -0.15) is 4.98 Å². The normalized spacial score (nSPS) is 29.2. The third kappa shape index (κ3) is 26.0. The van der Waals surface area contributed by atoms with Crippen molar-refractivity contribution in [3.63, 3.8) is 0 Å². The van der Waals surface area contributed by atoms with Crippen LogP contribution in [0.1, 0.15) is 73.8 Å². The molecule has 61 nitrogen and oxygen atoms in total. The second kappa shape index (κ2) is 48.2. The minimum absolute atomic E-state index is 0.00890.